The van der Waals surface area contributed by atoms with Gasteiger partial charge in [-0.25, -0.2) is 0 Å². The molecular weight excluding hydrogens is 368 g/mol. The molecule has 152 valence electrons. The molecule has 2 heterocycles. The number of methoxy groups -OCH3 is 1. The van der Waals surface area contributed by atoms with Crippen LogP contribution in [0.25, 0.3) is 5.76 Å². The Morgan fingerprint density at radius 3 is 2.66 bits per heavy atom. The standard InChI is InChI=1S/C23H26N2O4/c1-5-6-10-25-19(16-8-7-9-24-13-16)18(21(27)23(25)28)20(26)17-12-14(2)11-15(3)22(17)29-4/h7-9,11-13,19,26H,5-6,10H2,1-4H3/b20-18+. The number of ether oxygens (including phenoxy) is 1. The topological polar surface area (TPSA) is 79.7 Å². The largest absolute Gasteiger partial charge is 0.507 e. The van der Waals surface area contributed by atoms with Crippen LogP contribution in [-0.2, 0) is 9.59 Å². The average Bonchev–Trinajstić information content (AvgIpc) is 2.96. The Balaban J connectivity index is 2.24. The number of aliphatic hydroxyl groups excluding tert-OH is 1. The second-order valence-corrected chi connectivity index (χ2v) is 7.30. The number of Topliss-reactive ketones (excluding diaryl/α,β-unsaturated/α-hetero) is 1. The van der Waals surface area contributed by atoms with Crippen molar-refractivity contribution >= 4 is 17.4 Å². The number of hydrogen-bond acceptors (Lipinski definition) is 5. The number of nitrogens with zero attached hydrogens (tertiary/aromatic N) is 2. The van der Waals surface area contributed by atoms with E-state index in [0.29, 0.717) is 23.4 Å². The molecule has 1 aromatic carbocycles. The van der Waals surface area contributed by atoms with Gasteiger partial charge < -0.3 is 14.7 Å². The van der Waals surface area contributed by atoms with Crippen LogP contribution >= 0.6 is 0 Å². The van der Waals surface area contributed by atoms with Gasteiger partial charge in [-0.3, -0.25) is 14.6 Å². The second kappa shape index (κ2) is 8.47. The summed E-state index contributed by atoms with van der Waals surface area (Å²) in [6.07, 6.45) is 4.90. The number of aliphatic hydroxyl groups is 1. The van der Waals surface area contributed by atoms with Gasteiger partial charge in [0.15, 0.2) is 0 Å². The van der Waals surface area contributed by atoms with Crippen LogP contribution in [0.2, 0.25) is 0 Å². The third-order valence-electron chi connectivity index (χ3n) is 5.17. The molecule has 6 heteroatoms. The monoisotopic (exact) mass is 394 g/mol. The number of aromatic nitrogens is 1. The fraction of sp³-hybridized carbons (Fsp3) is 0.348. The van der Waals surface area contributed by atoms with Crippen molar-refractivity contribution in [2.75, 3.05) is 13.7 Å². The van der Waals surface area contributed by atoms with Gasteiger partial charge in [0, 0.05) is 18.9 Å². The van der Waals surface area contributed by atoms with Crippen molar-refractivity contribution in [1.29, 1.82) is 0 Å². The van der Waals surface area contributed by atoms with E-state index >= 15 is 0 Å². The number of hydrogen-bond donors (Lipinski definition) is 1. The van der Waals surface area contributed by atoms with Crippen molar-refractivity contribution < 1.29 is 19.4 Å². The molecule has 1 aromatic heterocycles. The lowest BCUT2D eigenvalue weighted by Crippen LogP contribution is -2.30. The molecule has 0 aliphatic carbocycles. The van der Waals surface area contributed by atoms with Crippen molar-refractivity contribution in [3.63, 3.8) is 0 Å². The fourth-order valence-corrected chi connectivity index (χ4v) is 3.87. The molecule has 0 spiro atoms. The van der Waals surface area contributed by atoms with E-state index in [4.69, 9.17) is 4.74 Å². The molecule has 0 bridgehead atoms. The summed E-state index contributed by atoms with van der Waals surface area (Å²) in [4.78, 5) is 31.5. The highest BCUT2D eigenvalue weighted by Crippen LogP contribution is 2.41. The summed E-state index contributed by atoms with van der Waals surface area (Å²) in [5.74, 6) is -1.02. The number of benzene rings is 1. The summed E-state index contributed by atoms with van der Waals surface area (Å²) in [6.45, 7) is 6.24. The molecule has 1 fully saturated rings. The molecule has 6 nitrogen and oxygen atoms in total. The van der Waals surface area contributed by atoms with Gasteiger partial charge in [0.2, 0.25) is 0 Å². The number of amides is 1. The first-order valence-corrected chi connectivity index (χ1v) is 9.74. The van der Waals surface area contributed by atoms with Gasteiger partial charge in [-0.05, 0) is 49.1 Å². The minimum atomic E-state index is -0.686. The van der Waals surface area contributed by atoms with Crippen LogP contribution in [0.3, 0.4) is 0 Å². The van der Waals surface area contributed by atoms with E-state index < -0.39 is 17.7 Å². The number of pyridine rings is 1. The summed E-state index contributed by atoms with van der Waals surface area (Å²) < 4.78 is 5.49. The molecule has 1 unspecified atom stereocenters. The highest BCUT2D eigenvalue weighted by Gasteiger charge is 2.46. The Morgan fingerprint density at radius 1 is 1.28 bits per heavy atom. The van der Waals surface area contributed by atoms with Gasteiger partial charge in [-0.2, -0.15) is 0 Å². The van der Waals surface area contributed by atoms with Crippen LogP contribution in [0, 0.1) is 13.8 Å². The molecule has 1 N–H and O–H groups in total. The Morgan fingerprint density at radius 2 is 2.03 bits per heavy atom. The Bertz CT molecular complexity index is 966. The maximum absolute atomic E-state index is 13.0. The molecule has 2 aromatic rings. The predicted octanol–water partition coefficient (Wildman–Crippen LogP) is 3.93. The molecule has 1 saturated heterocycles. The number of unbranched alkanes of at least 4 members (excludes halogenated alkanes) is 1. The highest BCUT2D eigenvalue weighted by atomic mass is 16.5. The minimum absolute atomic E-state index is 0.0717. The van der Waals surface area contributed by atoms with E-state index in [0.717, 1.165) is 24.0 Å². The number of aryl methyl sites for hydroxylation is 2. The van der Waals surface area contributed by atoms with Crippen molar-refractivity contribution in [1.82, 2.24) is 9.88 Å². The number of ketones is 1. The predicted molar refractivity (Wildman–Crippen MR) is 111 cm³/mol. The van der Waals surface area contributed by atoms with Gasteiger partial charge in [0.05, 0.1) is 24.3 Å². The van der Waals surface area contributed by atoms with Gasteiger partial charge >= 0.3 is 0 Å². The van der Waals surface area contributed by atoms with Crippen LogP contribution < -0.4 is 4.74 Å². The van der Waals surface area contributed by atoms with E-state index in [1.807, 2.05) is 32.9 Å². The van der Waals surface area contributed by atoms with Gasteiger partial charge in [-0.1, -0.05) is 25.5 Å². The number of likely N-dealkylation sites (tertiary alicyclic amines) is 1. The second-order valence-electron chi connectivity index (χ2n) is 7.30. The van der Waals surface area contributed by atoms with Crippen molar-refractivity contribution in [3.05, 3.63) is 64.5 Å². The van der Waals surface area contributed by atoms with E-state index in [1.165, 1.54) is 12.0 Å². The Kier molecular flexibility index (Phi) is 6.01. The zero-order chi connectivity index (χ0) is 21.1. The van der Waals surface area contributed by atoms with E-state index in [2.05, 4.69) is 4.98 Å². The molecule has 3 rings (SSSR count). The van der Waals surface area contributed by atoms with Crippen molar-refractivity contribution in [3.8, 4) is 5.75 Å². The van der Waals surface area contributed by atoms with Crippen LogP contribution in [0.15, 0.2) is 42.2 Å². The summed E-state index contributed by atoms with van der Waals surface area (Å²) >= 11 is 0. The minimum Gasteiger partial charge on any atom is -0.507 e. The highest BCUT2D eigenvalue weighted by molar-refractivity contribution is 6.46. The zero-order valence-corrected chi connectivity index (χ0v) is 17.2. The Labute approximate surface area is 170 Å². The maximum Gasteiger partial charge on any atom is 0.295 e. The molecule has 0 saturated carbocycles. The normalized spacial score (nSPS) is 18.3. The molecule has 29 heavy (non-hydrogen) atoms. The molecular formula is C23H26N2O4. The fourth-order valence-electron chi connectivity index (χ4n) is 3.87. The first-order chi connectivity index (χ1) is 13.9. The third-order valence-corrected chi connectivity index (χ3v) is 5.17. The van der Waals surface area contributed by atoms with Crippen molar-refractivity contribution in [2.24, 2.45) is 0 Å². The summed E-state index contributed by atoms with van der Waals surface area (Å²) in [6, 6.07) is 6.59. The number of carbonyl (C=O) groups is 2. The van der Waals surface area contributed by atoms with Crippen LogP contribution in [0.5, 0.6) is 5.75 Å². The lowest BCUT2D eigenvalue weighted by atomic mass is 9.94. The van der Waals surface area contributed by atoms with E-state index in [9.17, 15) is 14.7 Å². The lowest BCUT2D eigenvalue weighted by Gasteiger charge is -2.25. The third kappa shape index (κ3) is 3.75. The van der Waals surface area contributed by atoms with Crippen LogP contribution in [0.4, 0.5) is 0 Å². The molecule has 1 aliphatic heterocycles. The van der Waals surface area contributed by atoms with Gasteiger partial charge in [-0.15, -0.1) is 0 Å². The molecule has 1 atom stereocenters. The maximum atomic E-state index is 13.0. The first kappa shape index (κ1) is 20.6. The summed E-state index contributed by atoms with van der Waals surface area (Å²) in [5.41, 5.74) is 2.93. The summed E-state index contributed by atoms with van der Waals surface area (Å²) in [5, 5.41) is 11.2. The van der Waals surface area contributed by atoms with E-state index in [-0.39, 0.29) is 11.3 Å². The first-order valence-electron chi connectivity index (χ1n) is 9.74. The summed E-state index contributed by atoms with van der Waals surface area (Å²) in [7, 11) is 1.52. The smallest absolute Gasteiger partial charge is 0.295 e. The molecule has 0 radical (unpaired) electrons. The van der Waals surface area contributed by atoms with Crippen molar-refractivity contribution in [2.45, 2.75) is 39.7 Å². The molecule has 1 amide bonds. The quantitative estimate of drug-likeness (QED) is 0.456. The average molecular weight is 394 g/mol. The molecule has 1 aliphatic rings. The van der Waals surface area contributed by atoms with Gasteiger partial charge in [0.1, 0.15) is 11.5 Å². The van der Waals surface area contributed by atoms with Gasteiger partial charge in [0.25, 0.3) is 11.7 Å². The zero-order valence-electron chi connectivity index (χ0n) is 17.2. The SMILES string of the molecule is CCCCN1C(=O)C(=O)/C(=C(/O)c2cc(C)cc(C)c2OC)C1c1cccnc1. The number of rotatable bonds is 6. The lowest BCUT2D eigenvalue weighted by molar-refractivity contribution is -0.139. The van der Waals surface area contributed by atoms with Crippen LogP contribution in [-0.4, -0.2) is 40.3 Å². The number of carbonyl (C=O) groups excluding carboxylic acids is 2. The Hall–Kier alpha value is -3.15. The van der Waals surface area contributed by atoms with E-state index in [1.54, 1.807) is 24.5 Å². The van der Waals surface area contributed by atoms with Crippen LogP contribution in [0.1, 0.15) is 48.1 Å².